The Morgan fingerprint density at radius 2 is 1.87 bits per heavy atom. The Kier molecular flexibility index (Phi) is 5.26. The van der Waals surface area contributed by atoms with Crippen LogP contribution in [0, 0.1) is 5.82 Å². The number of benzene rings is 2. The highest BCUT2D eigenvalue weighted by atomic mass is 19.1. The van der Waals surface area contributed by atoms with Gasteiger partial charge in [0.05, 0.1) is 17.9 Å². The van der Waals surface area contributed by atoms with Crippen molar-refractivity contribution in [1.82, 2.24) is 4.90 Å². The largest absolute Gasteiger partial charge is 0.458 e. The third-order valence-corrected chi connectivity index (χ3v) is 5.54. The highest BCUT2D eigenvalue weighted by molar-refractivity contribution is 6.15. The Morgan fingerprint density at radius 1 is 1.13 bits per heavy atom. The minimum Gasteiger partial charge on any atom is -0.458 e. The van der Waals surface area contributed by atoms with Crippen molar-refractivity contribution in [3.63, 3.8) is 0 Å². The standard InChI is InChI=1S/C22H21FN2O5/c1-29-13-12-24-20(27)16-7-3-5-9-18(16)25-19(26)10-11-22(24,25)21(28)30-14-15-6-2-4-8-17(15)23/h2-9H,10-14H2,1H3/t22-/m1/s1. The number of nitrogens with zero attached hydrogens (tertiary/aromatic N) is 2. The van der Waals surface area contributed by atoms with E-state index in [1.54, 1.807) is 36.4 Å². The lowest BCUT2D eigenvalue weighted by atomic mass is 9.96. The molecule has 2 aliphatic heterocycles. The fraction of sp³-hybridized carbons (Fsp3) is 0.318. The van der Waals surface area contributed by atoms with E-state index in [1.165, 1.54) is 29.0 Å². The minimum atomic E-state index is -1.62. The molecule has 0 saturated carbocycles. The summed E-state index contributed by atoms with van der Waals surface area (Å²) in [6.07, 6.45) is 0.172. The second-order valence-electron chi connectivity index (χ2n) is 7.18. The van der Waals surface area contributed by atoms with Crippen molar-refractivity contribution in [2.45, 2.75) is 25.1 Å². The molecule has 1 saturated heterocycles. The topological polar surface area (TPSA) is 76.2 Å². The van der Waals surface area contributed by atoms with Crippen molar-refractivity contribution in [3.05, 3.63) is 65.5 Å². The molecule has 156 valence electrons. The van der Waals surface area contributed by atoms with Gasteiger partial charge < -0.3 is 14.4 Å². The van der Waals surface area contributed by atoms with Crippen molar-refractivity contribution in [3.8, 4) is 0 Å². The first kappa shape index (κ1) is 20.0. The first-order valence-electron chi connectivity index (χ1n) is 9.64. The average Bonchev–Trinajstić information content (AvgIpc) is 3.11. The molecule has 0 N–H and O–H groups in total. The number of ether oxygens (including phenoxy) is 2. The van der Waals surface area contributed by atoms with E-state index in [9.17, 15) is 18.8 Å². The molecule has 2 amide bonds. The number of amides is 2. The zero-order valence-electron chi connectivity index (χ0n) is 16.5. The predicted octanol–water partition coefficient (Wildman–Crippen LogP) is 2.49. The molecule has 1 atom stereocenters. The molecule has 2 aromatic rings. The van der Waals surface area contributed by atoms with Crippen molar-refractivity contribution < 1.29 is 28.2 Å². The Balaban J connectivity index is 1.74. The van der Waals surface area contributed by atoms with Crippen LogP contribution in [-0.2, 0) is 25.7 Å². The number of anilines is 1. The molecule has 2 aromatic carbocycles. The van der Waals surface area contributed by atoms with Crippen LogP contribution in [0.15, 0.2) is 48.5 Å². The number of para-hydroxylation sites is 1. The lowest BCUT2D eigenvalue weighted by Gasteiger charge is -2.48. The number of fused-ring (bicyclic) bond motifs is 3. The molecule has 1 fully saturated rings. The first-order chi connectivity index (χ1) is 14.5. The Hall–Kier alpha value is -3.26. The first-order valence-corrected chi connectivity index (χ1v) is 9.64. The predicted molar refractivity (Wildman–Crippen MR) is 105 cm³/mol. The molecule has 8 heteroatoms. The summed E-state index contributed by atoms with van der Waals surface area (Å²) in [6.45, 7) is -0.0240. The van der Waals surface area contributed by atoms with Crippen molar-refractivity contribution in [2.75, 3.05) is 25.2 Å². The zero-order chi connectivity index (χ0) is 21.3. The summed E-state index contributed by atoms with van der Waals surface area (Å²) in [5.74, 6) is -1.92. The van der Waals surface area contributed by atoms with Gasteiger partial charge in [0.25, 0.3) is 5.91 Å². The molecular weight excluding hydrogens is 391 g/mol. The van der Waals surface area contributed by atoms with Gasteiger partial charge in [-0.15, -0.1) is 0 Å². The van der Waals surface area contributed by atoms with E-state index < -0.39 is 17.4 Å². The Morgan fingerprint density at radius 3 is 2.63 bits per heavy atom. The lowest BCUT2D eigenvalue weighted by Crippen LogP contribution is -2.68. The van der Waals surface area contributed by atoms with E-state index in [1.807, 2.05) is 0 Å². The molecular formula is C22H21FN2O5. The molecule has 0 spiro atoms. The number of carbonyl (C=O) groups is 3. The van der Waals surface area contributed by atoms with Crippen molar-refractivity contribution in [2.24, 2.45) is 0 Å². The second-order valence-corrected chi connectivity index (χ2v) is 7.18. The number of methoxy groups -OCH3 is 1. The molecule has 0 aromatic heterocycles. The van der Waals surface area contributed by atoms with Crippen LogP contribution in [0.2, 0.25) is 0 Å². The van der Waals surface area contributed by atoms with E-state index >= 15 is 0 Å². The molecule has 2 heterocycles. The highest BCUT2D eigenvalue weighted by Gasteiger charge is 2.61. The normalized spacial score (nSPS) is 20.2. The molecule has 0 radical (unpaired) electrons. The van der Waals surface area contributed by atoms with Gasteiger partial charge in [0.15, 0.2) is 0 Å². The van der Waals surface area contributed by atoms with Gasteiger partial charge in [-0.2, -0.15) is 0 Å². The Bertz CT molecular complexity index is 1010. The summed E-state index contributed by atoms with van der Waals surface area (Å²) < 4.78 is 24.6. The third kappa shape index (κ3) is 3.04. The quantitative estimate of drug-likeness (QED) is 0.682. The molecule has 0 bridgehead atoms. The van der Waals surface area contributed by atoms with Crippen LogP contribution >= 0.6 is 0 Å². The highest BCUT2D eigenvalue weighted by Crippen LogP contribution is 2.45. The number of halogens is 1. The van der Waals surface area contributed by atoms with E-state index in [0.717, 1.165) is 0 Å². The molecule has 0 unspecified atom stereocenters. The summed E-state index contributed by atoms with van der Waals surface area (Å²) >= 11 is 0. The van der Waals surface area contributed by atoms with Gasteiger partial charge in [-0.05, 0) is 18.2 Å². The number of carbonyl (C=O) groups excluding carboxylic acids is 3. The minimum absolute atomic E-state index is 0.0832. The average molecular weight is 412 g/mol. The summed E-state index contributed by atoms with van der Waals surface area (Å²) in [6, 6.07) is 12.6. The van der Waals surface area contributed by atoms with Gasteiger partial charge >= 0.3 is 5.97 Å². The van der Waals surface area contributed by atoms with E-state index in [-0.39, 0.29) is 50.0 Å². The van der Waals surface area contributed by atoms with Gasteiger partial charge in [-0.3, -0.25) is 14.5 Å². The van der Waals surface area contributed by atoms with E-state index in [2.05, 4.69) is 0 Å². The Labute approximate surface area is 173 Å². The fourth-order valence-electron chi connectivity index (χ4n) is 4.11. The van der Waals surface area contributed by atoms with Crippen LogP contribution < -0.4 is 4.90 Å². The summed E-state index contributed by atoms with van der Waals surface area (Å²) in [4.78, 5) is 42.2. The lowest BCUT2D eigenvalue weighted by molar-refractivity contribution is -0.159. The molecule has 7 nitrogen and oxygen atoms in total. The van der Waals surface area contributed by atoms with Gasteiger partial charge in [0, 0.05) is 32.1 Å². The van der Waals surface area contributed by atoms with Gasteiger partial charge in [0.1, 0.15) is 12.4 Å². The number of esters is 1. The van der Waals surface area contributed by atoms with Crippen LogP contribution in [0.25, 0.3) is 0 Å². The second kappa shape index (κ2) is 7.87. The maximum absolute atomic E-state index is 14.0. The van der Waals surface area contributed by atoms with Crippen LogP contribution in [0.3, 0.4) is 0 Å². The molecule has 0 aliphatic carbocycles. The van der Waals surface area contributed by atoms with Crippen LogP contribution in [-0.4, -0.2) is 48.6 Å². The SMILES string of the molecule is COCCN1C(=O)c2ccccc2N2C(=O)CC[C@@]12C(=O)OCc1ccccc1F. The fourth-order valence-corrected chi connectivity index (χ4v) is 4.11. The number of hydrogen-bond donors (Lipinski definition) is 0. The van der Waals surface area contributed by atoms with Crippen LogP contribution in [0.1, 0.15) is 28.8 Å². The third-order valence-electron chi connectivity index (χ3n) is 5.54. The summed E-state index contributed by atoms with van der Waals surface area (Å²) in [5.41, 5.74) is -0.696. The number of hydrogen-bond acceptors (Lipinski definition) is 5. The van der Waals surface area contributed by atoms with Gasteiger partial charge in [-0.1, -0.05) is 30.3 Å². The van der Waals surface area contributed by atoms with Crippen molar-refractivity contribution >= 4 is 23.5 Å². The number of rotatable bonds is 6. The molecule has 2 aliphatic rings. The zero-order valence-corrected chi connectivity index (χ0v) is 16.5. The molecule has 4 rings (SSSR count). The molecule has 30 heavy (non-hydrogen) atoms. The monoisotopic (exact) mass is 412 g/mol. The maximum Gasteiger partial charge on any atom is 0.354 e. The smallest absolute Gasteiger partial charge is 0.354 e. The van der Waals surface area contributed by atoms with Gasteiger partial charge in [-0.25, -0.2) is 9.18 Å². The van der Waals surface area contributed by atoms with E-state index in [4.69, 9.17) is 9.47 Å². The van der Waals surface area contributed by atoms with Gasteiger partial charge in [0.2, 0.25) is 11.6 Å². The maximum atomic E-state index is 14.0. The summed E-state index contributed by atoms with van der Waals surface area (Å²) in [5, 5.41) is 0. The van der Waals surface area contributed by atoms with Crippen molar-refractivity contribution in [1.29, 1.82) is 0 Å². The van der Waals surface area contributed by atoms with Crippen LogP contribution in [0.4, 0.5) is 10.1 Å². The van der Waals surface area contributed by atoms with Crippen LogP contribution in [0.5, 0.6) is 0 Å². The summed E-state index contributed by atoms with van der Waals surface area (Å²) in [7, 11) is 1.49. The van der Waals surface area contributed by atoms with E-state index in [0.29, 0.717) is 11.3 Å².